The second kappa shape index (κ2) is 5.49. The Balaban J connectivity index is 1.96. The molecule has 0 N–H and O–H groups in total. The quantitative estimate of drug-likeness (QED) is 0.409. The number of aryl methyl sites for hydroxylation is 2. The van der Waals surface area contributed by atoms with Gasteiger partial charge in [0.15, 0.2) is 5.58 Å². The summed E-state index contributed by atoms with van der Waals surface area (Å²) in [5.41, 5.74) is 6.18. The maximum Gasteiger partial charge on any atom is 0.196 e. The summed E-state index contributed by atoms with van der Waals surface area (Å²) >= 11 is 1.40. The predicted molar refractivity (Wildman–Crippen MR) is 108 cm³/mol. The smallest absolute Gasteiger partial charge is 0.196 e. The first kappa shape index (κ1) is 15.5. The number of aromatic nitrogens is 6. The molecule has 0 fully saturated rings. The standard InChI is InChI=1S/C20H12N6OS/c1-9-13-7-21-6-4-12(13)16(19-17(9)23-25-27-19)15-14-8-22-5-3-11(14)10(2)20-18(15)24-26-28-20/h3-8H,1-2H3. The Morgan fingerprint density at radius 1 is 0.786 bits per heavy atom. The first-order valence-electron chi connectivity index (χ1n) is 8.72. The molecule has 28 heavy (non-hydrogen) atoms. The van der Waals surface area contributed by atoms with Gasteiger partial charge < -0.3 is 4.52 Å². The summed E-state index contributed by atoms with van der Waals surface area (Å²) in [4.78, 5) is 8.69. The molecule has 8 heteroatoms. The maximum atomic E-state index is 5.65. The topological polar surface area (TPSA) is 90.5 Å². The lowest BCUT2D eigenvalue weighted by Gasteiger charge is -2.13. The highest BCUT2D eigenvalue weighted by molar-refractivity contribution is 7.13. The van der Waals surface area contributed by atoms with E-state index in [2.05, 4.69) is 36.8 Å². The van der Waals surface area contributed by atoms with Gasteiger partial charge >= 0.3 is 0 Å². The minimum Gasteiger partial charge on any atom is -0.336 e. The van der Waals surface area contributed by atoms with Gasteiger partial charge in [-0.15, -0.1) is 10.2 Å². The fourth-order valence-electron chi connectivity index (χ4n) is 4.03. The summed E-state index contributed by atoms with van der Waals surface area (Å²) in [6, 6.07) is 4.02. The van der Waals surface area contributed by atoms with Crippen molar-refractivity contribution in [2.24, 2.45) is 0 Å². The summed E-state index contributed by atoms with van der Waals surface area (Å²) in [6.45, 7) is 4.10. The van der Waals surface area contributed by atoms with Crippen molar-refractivity contribution in [3.63, 3.8) is 0 Å². The van der Waals surface area contributed by atoms with E-state index in [0.717, 1.165) is 59.5 Å². The van der Waals surface area contributed by atoms with Gasteiger partial charge in [-0.1, -0.05) is 4.49 Å². The Morgan fingerprint density at radius 3 is 2.43 bits per heavy atom. The highest BCUT2D eigenvalue weighted by Crippen LogP contribution is 2.45. The second-order valence-corrected chi connectivity index (χ2v) is 7.50. The van der Waals surface area contributed by atoms with Crippen LogP contribution in [0.5, 0.6) is 0 Å². The van der Waals surface area contributed by atoms with E-state index in [1.165, 1.54) is 11.5 Å². The van der Waals surface area contributed by atoms with Crippen LogP contribution in [-0.4, -0.2) is 29.9 Å². The molecule has 7 nitrogen and oxygen atoms in total. The lowest BCUT2D eigenvalue weighted by atomic mass is 9.90. The van der Waals surface area contributed by atoms with E-state index >= 15 is 0 Å². The van der Waals surface area contributed by atoms with Crippen molar-refractivity contribution >= 4 is 54.4 Å². The van der Waals surface area contributed by atoms with Crippen LogP contribution in [0.2, 0.25) is 0 Å². The average Bonchev–Trinajstić information content (AvgIpc) is 3.40. The van der Waals surface area contributed by atoms with Crippen LogP contribution in [0.4, 0.5) is 0 Å². The van der Waals surface area contributed by atoms with E-state index in [-0.39, 0.29) is 0 Å². The monoisotopic (exact) mass is 384 g/mol. The predicted octanol–water partition coefficient (Wildman–Crippen LogP) is 4.61. The van der Waals surface area contributed by atoms with Crippen molar-refractivity contribution in [2.45, 2.75) is 13.8 Å². The third-order valence-electron chi connectivity index (χ3n) is 5.37. The maximum absolute atomic E-state index is 5.65. The number of rotatable bonds is 1. The summed E-state index contributed by atoms with van der Waals surface area (Å²) in [7, 11) is 0. The highest BCUT2D eigenvalue weighted by Gasteiger charge is 2.24. The molecule has 6 aromatic rings. The van der Waals surface area contributed by atoms with Crippen LogP contribution < -0.4 is 0 Å². The van der Waals surface area contributed by atoms with Crippen molar-refractivity contribution < 1.29 is 4.52 Å². The van der Waals surface area contributed by atoms with Gasteiger partial charge in [-0.05, 0) is 59.4 Å². The van der Waals surface area contributed by atoms with E-state index in [4.69, 9.17) is 4.52 Å². The third-order valence-corrected chi connectivity index (χ3v) is 6.22. The first-order chi connectivity index (χ1) is 13.8. The van der Waals surface area contributed by atoms with Gasteiger partial charge in [-0.2, -0.15) is 0 Å². The summed E-state index contributed by atoms with van der Waals surface area (Å²) in [5.74, 6) is 0. The number of hydrogen-bond acceptors (Lipinski definition) is 8. The molecule has 2 aromatic carbocycles. The van der Waals surface area contributed by atoms with Crippen LogP contribution in [0.25, 0.3) is 54.0 Å². The molecule has 0 saturated heterocycles. The van der Waals surface area contributed by atoms with Crippen LogP contribution in [0, 0.1) is 13.8 Å². The molecule has 0 radical (unpaired) electrons. The molecule has 4 aromatic heterocycles. The zero-order chi connectivity index (χ0) is 18.8. The molecule has 0 spiro atoms. The van der Waals surface area contributed by atoms with Crippen molar-refractivity contribution in [3.8, 4) is 11.1 Å². The van der Waals surface area contributed by atoms with Gasteiger partial charge in [-0.3, -0.25) is 9.97 Å². The molecular weight excluding hydrogens is 372 g/mol. The van der Waals surface area contributed by atoms with Gasteiger partial charge in [0.1, 0.15) is 11.0 Å². The number of hydrogen-bond donors (Lipinski definition) is 0. The van der Waals surface area contributed by atoms with Crippen LogP contribution in [-0.2, 0) is 0 Å². The fraction of sp³-hybridized carbons (Fsp3) is 0.100. The zero-order valence-corrected chi connectivity index (χ0v) is 15.8. The molecule has 0 aliphatic heterocycles. The van der Waals surface area contributed by atoms with Crippen molar-refractivity contribution in [1.82, 2.24) is 29.9 Å². The number of fused-ring (bicyclic) bond motifs is 4. The Bertz CT molecular complexity index is 1430. The number of nitrogens with zero attached hydrogens (tertiary/aromatic N) is 6. The Morgan fingerprint density at radius 2 is 1.57 bits per heavy atom. The molecule has 6 rings (SSSR count). The van der Waals surface area contributed by atoms with Crippen LogP contribution >= 0.6 is 11.5 Å². The largest absolute Gasteiger partial charge is 0.336 e. The van der Waals surface area contributed by atoms with E-state index < -0.39 is 0 Å². The highest BCUT2D eigenvalue weighted by atomic mass is 32.1. The van der Waals surface area contributed by atoms with Crippen molar-refractivity contribution in [1.29, 1.82) is 0 Å². The fourth-order valence-corrected chi connectivity index (χ4v) is 4.71. The van der Waals surface area contributed by atoms with E-state index in [1.54, 1.807) is 6.20 Å². The van der Waals surface area contributed by atoms with Crippen LogP contribution in [0.3, 0.4) is 0 Å². The van der Waals surface area contributed by atoms with E-state index in [0.29, 0.717) is 5.58 Å². The SMILES string of the molecule is Cc1c2cnccc2c(-c2c3cnccc3c(C)c3snnc23)c2onnc12. The molecule has 0 atom stereocenters. The third kappa shape index (κ3) is 1.87. The minimum absolute atomic E-state index is 0.638. The van der Waals surface area contributed by atoms with Crippen molar-refractivity contribution in [2.75, 3.05) is 0 Å². The first-order valence-corrected chi connectivity index (χ1v) is 9.50. The van der Waals surface area contributed by atoms with Gasteiger partial charge in [-0.25, -0.2) is 0 Å². The van der Waals surface area contributed by atoms with Crippen LogP contribution in [0.1, 0.15) is 11.1 Å². The average molecular weight is 384 g/mol. The normalized spacial score (nSPS) is 11.9. The molecule has 134 valence electrons. The molecule has 0 unspecified atom stereocenters. The number of pyridine rings is 2. The Hall–Kier alpha value is -3.52. The molecule has 0 bridgehead atoms. The van der Waals surface area contributed by atoms with Gasteiger partial charge in [0.05, 0.1) is 4.70 Å². The zero-order valence-electron chi connectivity index (χ0n) is 15.0. The van der Waals surface area contributed by atoms with Gasteiger partial charge in [0, 0.05) is 52.0 Å². The van der Waals surface area contributed by atoms with Gasteiger partial charge in [0.25, 0.3) is 0 Å². The molecule has 0 amide bonds. The Kier molecular flexibility index (Phi) is 3.05. The lowest BCUT2D eigenvalue weighted by molar-refractivity contribution is 0.425. The minimum atomic E-state index is 0.638. The molecular formula is C20H12N6OS. The molecule has 0 saturated carbocycles. The summed E-state index contributed by atoms with van der Waals surface area (Å²) in [6.07, 6.45) is 7.32. The number of benzene rings is 2. The molecule has 0 aliphatic rings. The molecule has 0 aliphatic carbocycles. The Labute approximate surface area is 162 Å². The van der Waals surface area contributed by atoms with Crippen LogP contribution in [0.15, 0.2) is 41.4 Å². The van der Waals surface area contributed by atoms with E-state index in [1.807, 2.05) is 37.6 Å². The van der Waals surface area contributed by atoms with Gasteiger partial charge in [0.2, 0.25) is 0 Å². The summed E-state index contributed by atoms with van der Waals surface area (Å²) < 4.78 is 10.9. The lowest BCUT2D eigenvalue weighted by Crippen LogP contribution is -1.93. The van der Waals surface area contributed by atoms with Crippen molar-refractivity contribution in [3.05, 3.63) is 48.0 Å². The molecule has 4 heterocycles. The summed E-state index contributed by atoms with van der Waals surface area (Å²) in [5, 5.41) is 16.7. The second-order valence-electron chi connectivity index (χ2n) is 6.74. The van der Waals surface area contributed by atoms with E-state index in [9.17, 15) is 0 Å².